The van der Waals surface area contributed by atoms with E-state index in [1.54, 1.807) is 19.3 Å². The number of amides is 2. The molecule has 2 aliphatic heterocycles. The molecule has 2 fully saturated rings. The normalized spacial score (nSPS) is 20.8. The Morgan fingerprint density at radius 3 is 2.69 bits per heavy atom. The molecular weight excluding hydrogens is 406 g/mol. The van der Waals surface area contributed by atoms with Crippen molar-refractivity contribution in [2.75, 3.05) is 43.4 Å². The van der Waals surface area contributed by atoms with E-state index < -0.39 is 0 Å². The second kappa shape index (κ2) is 8.78. The molecule has 0 bridgehead atoms. The molecule has 0 radical (unpaired) electrons. The molecule has 2 amide bonds. The first-order valence-corrected chi connectivity index (χ1v) is 11.3. The summed E-state index contributed by atoms with van der Waals surface area (Å²) < 4.78 is 5.97. The standard InChI is InChI=1S/C24H29N5O3/c1-25-23(30)19-6-5-18(14-26-19)29-10-8-28(9-11-29)15-17-4-7-21-20(12-17)27-24(31)22(32-21)13-16-2-3-16/h4-7,12,14,16,22H,2-3,8-11,13,15H2,1H3,(H,25,30)(H,27,31). The smallest absolute Gasteiger partial charge is 0.269 e. The molecule has 0 spiro atoms. The number of carbonyl (C=O) groups excluding carboxylic acids is 2. The van der Waals surface area contributed by atoms with E-state index in [1.165, 1.54) is 18.4 Å². The van der Waals surface area contributed by atoms with Gasteiger partial charge in [0.1, 0.15) is 11.4 Å². The number of hydrogen-bond acceptors (Lipinski definition) is 6. The average molecular weight is 436 g/mol. The topological polar surface area (TPSA) is 86.8 Å². The highest BCUT2D eigenvalue weighted by Gasteiger charge is 2.34. The second-order valence-electron chi connectivity index (χ2n) is 8.85. The van der Waals surface area contributed by atoms with Crippen molar-refractivity contribution >= 4 is 23.2 Å². The Morgan fingerprint density at radius 1 is 1.19 bits per heavy atom. The Bertz CT molecular complexity index is 997. The van der Waals surface area contributed by atoms with Gasteiger partial charge in [0, 0.05) is 39.8 Å². The van der Waals surface area contributed by atoms with Crippen molar-refractivity contribution in [3.8, 4) is 5.75 Å². The number of fused-ring (bicyclic) bond motifs is 1. The maximum atomic E-state index is 12.4. The number of anilines is 2. The first kappa shape index (κ1) is 20.8. The Hall–Kier alpha value is -3.13. The second-order valence-corrected chi connectivity index (χ2v) is 8.85. The van der Waals surface area contributed by atoms with Crippen molar-refractivity contribution in [2.24, 2.45) is 5.92 Å². The van der Waals surface area contributed by atoms with Gasteiger partial charge in [0.15, 0.2) is 6.10 Å². The number of benzene rings is 1. The highest BCUT2D eigenvalue weighted by molar-refractivity contribution is 5.97. The minimum absolute atomic E-state index is 0.0220. The zero-order valence-electron chi connectivity index (χ0n) is 18.3. The van der Waals surface area contributed by atoms with E-state index in [0.717, 1.165) is 56.3 Å². The number of hydrogen-bond donors (Lipinski definition) is 2. The van der Waals surface area contributed by atoms with Crippen molar-refractivity contribution in [2.45, 2.75) is 31.9 Å². The number of nitrogens with one attached hydrogen (secondary N) is 2. The van der Waals surface area contributed by atoms with E-state index in [-0.39, 0.29) is 17.9 Å². The van der Waals surface area contributed by atoms with E-state index in [1.807, 2.05) is 18.2 Å². The fourth-order valence-electron chi connectivity index (χ4n) is 4.37. The summed E-state index contributed by atoms with van der Waals surface area (Å²) in [4.78, 5) is 33.0. The Kier molecular flexibility index (Phi) is 5.70. The van der Waals surface area contributed by atoms with Crippen LogP contribution in [0, 0.1) is 5.92 Å². The van der Waals surface area contributed by atoms with Crippen LogP contribution < -0.4 is 20.3 Å². The van der Waals surface area contributed by atoms with Crippen LogP contribution in [0.4, 0.5) is 11.4 Å². The molecule has 1 unspecified atom stereocenters. The van der Waals surface area contributed by atoms with E-state index in [0.29, 0.717) is 11.6 Å². The van der Waals surface area contributed by atoms with Gasteiger partial charge in [-0.15, -0.1) is 0 Å². The van der Waals surface area contributed by atoms with Gasteiger partial charge in [0.05, 0.1) is 17.6 Å². The number of nitrogens with zero attached hydrogens (tertiary/aromatic N) is 3. The first-order chi connectivity index (χ1) is 15.6. The van der Waals surface area contributed by atoms with Crippen LogP contribution in [-0.2, 0) is 11.3 Å². The Morgan fingerprint density at radius 2 is 2.00 bits per heavy atom. The van der Waals surface area contributed by atoms with Gasteiger partial charge in [-0.1, -0.05) is 18.9 Å². The molecule has 1 atom stereocenters. The van der Waals surface area contributed by atoms with Crippen LogP contribution >= 0.6 is 0 Å². The van der Waals surface area contributed by atoms with Gasteiger partial charge in [0.25, 0.3) is 11.8 Å². The van der Waals surface area contributed by atoms with Gasteiger partial charge in [-0.05, 0) is 42.2 Å². The maximum absolute atomic E-state index is 12.4. The van der Waals surface area contributed by atoms with Crippen molar-refractivity contribution in [3.63, 3.8) is 0 Å². The van der Waals surface area contributed by atoms with Gasteiger partial charge >= 0.3 is 0 Å². The Labute approximate surface area is 187 Å². The highest BCUT2D eigenvalue weighted by atomic mass is 16.5. The van der Waals surface area contributed by atoms with Gasteiger partial charge in [-0.25, -0.2) is 4.98 Å². The fraction of sp³-hybridized carbons (Fsp3) is 0.458. The minimum atomic E-state index is -0.353. The van der Waals surface area contributed by atoms with Crippen LogP contribution in [0.25, 0.3) is 0 Å². The molecule has 32 heavy (non-hydrogen) atoms. The quantitative estimate of drug-likeness (QED) is 0.724. The molecule has 1 saturated carbocycles. The number of ether oxygens (including phenoxy) is 1. The summed E-state index contributed by atoms with van der Waals surface area (Å²) in [6.45, 7) is 4.49. The van der Waals surface area contributed by atoms with Crippen molar-refractivity contribution in [1.82, 2.24) is 15.2 Å². The third kappa shape index (κ3) is 4.55. The van der Waals surface area contributed by atoms with E-state index in [2.05, 4.69) is 31.5 Å². The van der Waals surface area contributed by atoms with Crippen LogP contribution in [0.15, 0.2) is 36.5 Å². The number of aromatic nitrogens is 1. The molecule has 2 aromatic rings. The zero-order chi connectivity index (χ0) is 22.1. The number of piperazine rings is 1. The largest absolute Gasteiger partial charge is 0.478 e. The molecule has 3 aliphatic rings. The molecule has 8 nitrogen and oxygen atoms in total. The van der Waals surface area contributed by atoms with Gasteiger partial charge in [-0.3, -0.25) is 14.5 Å². The summed E-state index contributed by atoms with van der Waals surface area (Å²) in [5.74, 6) is 1.23. The third-order valence-electron chi connectivity index (χ3n) is 6.46. The summed E-state index contributed by atoms with van der Waals surface area (Å²) in [6, 6.07) is 9.84. The maximum Gasteiger partial charge on any atom is 0.269 e. The van der Waals surface area contributed by atoms with Gasteiger partial charge in [-0.2, -0.15) is 0 Å². The molecule has 2 N–H and O–H groups in total. The van der Waals surface area contributed by atoms with Crippen LogP contribution in [-0.4, -0.2) is 61.0 Å². The Balaban J connectivity index is 1.16. The van der Waals surface area contributed by atoms with Crippen LogP contribution in [0.5, 0.6) is 5.75 Å². The molecule has 168 valence electrons. The predicted molar refractivity (Wildman–Crippen MR) is 122 cm³/mol. The monoisotopic (exact) mass is 435 g/mol. The molecule has 3 heterocycles. The lowest BCUT2D eigenvalue weighted by Crippen LogP contribution is -2.46. The lowest BCUT2D eigenvalue weighted by atomic mass is 10.1. The van der Waals surface area contributed by atoms with Crippen LogP contribution in [0.3, 0.4) is 0 Å². The molecule has 1 saturated heterocycles. The lowest BCUT2D eigenvalue weighted by molar-refractivity contribution is -0.124. The number of rotatable bonds is 6. The van der Waals surface area contributed by atoms with E-state index in [4.69, 9.17) is 4.74 Å². The van der Waals surface area contributed by atoms with Gasteiger partial charge < -0.3 is 20.3 Å². The molecule has 1 aliphatic carbocycles. The SMILES string of the molecule is CNC(=O)c1ccc(N2CCN(Cc3ccc4c(c3)NC(=O)C(CC3CC3)O4)CC2)cn1. The zero-order valence-corrected chi connectivity index (χ0v) is 18.3. The molecule has 8 heteroatoms. The van der Waals surface area contributed by atoms with E-state index in [9.17, 15) is 9.59 Å². The summed E-state index contributed by atoms with van der Waals surface area (Å²) in [5, 5.41) is 5.63. The molecule has 1 aromatic heterocycles. The van der Waals surface area contributed by atoms with Crippen molar-refractivity contribution in [1.29, 1.82) is 0 Å². The van der Waals surface area contributed by atoms with Gasteiger partial charge in [0.2, 0.25) is 0 Å². The highest BCUT2D eigenvalue weighted by Crippen LogP contribution is 2.38. The fourth-order valence-corrected chi connectivity index (χ4v) is 4.37. The summed E-state index contributed by atoms with van der Waals surface area (Å²) >= 11 is 0. The summed E-state index contributed by atoms with van der Waals surface area (Å²) in [7, 11) is 1.60. The molecule has 1 aromatic carbocycles. The minimum Gasteiger partial charge on any atom is -0.478 e. The van der Waals surface area contributed by atoms with Crippen LogP contribution in [0.2, 0.25) is 0 Å². The summed E-state index contributed by atoms with van der Waals surface area (Å²) in [5.41, 5.74) is 3.41. The third-order valence-corrected chi connectivity index (χ3v) is 6.46. The predicted octanol–water partition coefficient (Wildman–Crippen LogP) is 2.26. The van der Waals surface area contributed by atoms with Crippen LogP contribution in [0.1, 0.15) is 35.3 Å². The molecule has 5 rings (SSSR count). The number of pyridine rings is 1. The number of carbonyl (C=O) groups is 2. The first-order valence-electron chi connectivity index (χ1n) is 11.3. The van der Waals surface area contributed by atoms with Crippen molar-refractivity contribution < 1.29 is 14.3 Å². The summed E-state index contributed by atoms with van der Waals surface area (Å²) in [6.07, 6.45) is 4.66. The average Bonchev–Trinajstić information content (AvgIpc) is 3.64. The lowest BCUT2D eigenvalue weighted by Gasteiger charge is -2.36. The van der Waals surface area contributed by atoms with Crippen molar-refractivity contribution in [3.05, 3.63) is 47.8 Å². The molecular formula is C24H29N5O3. The van der Waals surface area contributed by atoms with E-state index >= 15 is 0 Å².